The fourth-order valence-corrected chi connectivity index (χ4v) is 1.81. The number of nitrogens with zero attached hydrogens (tertiary/aromatic N) is 1. The van der Waals surface area contributed by atoms with Crippen LogP contribution >= 0.6 is 27.5 Å². The molecule has 1 aromatic heterocycles. The average molecular weight is 317 g/mol. The van der Waals surface area contributed by atoms with Gasteiger partial charge in [-0.05, 0) is 12.1 Å². The number of halogens is 3. The zero-order chi connectivity index (χ0) is 12.3. The second kappa shape index (κ2) is 5.47. The number of rotatable bonds is 3. The lowest BCUT2D eigenvalue weighted by Gasteiger charge is -2.07. The van der Waals surface area contributed by atoms with E-state index in [4.69, 9.17) is 16.3 Å². The van der Waals surface area contributed by atoms with E-state index in [0.717, 1.165) is 10.0 Å². The van der Waals surface area contributed by atoms with Crippen LogP contribution in [0, 0.1) is 5.82 Å². The molecule has 0 saturated carbocycles. The molecule has 0 radical (unpaired) electrons. The molecule has 0 saturated heterocycles. The molecular weight excluding hydrogens is 308 g/mol. The molecule has 0 fully saturated rings. The van der Waals surface area contributed by atoms with Crippen molar-refractivity contribution in [3.05, 3.63) is 57.4 Å². The topological polar surface area (TPSA) is 22.1 Å². The molecule has 5 heteroatoms. The van der Waals surface area contributed by atoms with Gasteiger partial charge in [0.25, 0.3) is 5.88 Å². The molecular formula is C12H8BrClFNO. The van der Waals surface area contributed by atoms with Gasteiger partial charge < -0.3 is 4.74 Å². The molecule has 0 atom stereocenters. The molecule has 0 bridgehead atoms. The number of benzene rings is 1. The predicted octanol–water partition coefficient (Wildman–Crippen LogP) is 4.22. The van der Waals surface area contributed by atoms with E-state index in [1.165, 1.54) is 12.3 Å². The van der Waals surface area contributed by atoms with Gasteiger partial charge in [0, 0.05) is 16.2 Å². The highest BCUT2D eigenvalue weighted by Crippen LogP contribution is 2.21. The molecule has 0 unspecified atom stereocenters. The third-order valence-corrected chi connectivity index (χ3v) is 3.08. The quantitative estimate of drug-likeness (QED) is 0.846. The highest BCUT2D eigenvalue weighted by Gasteiger charge is 2.07. The van der Waals surface area contributed by atoms with E-state index in [0.29, 0.717) is 0 Å². The Morgan fingerprint density at radius 1 is 1.35 bits per heavy atom. The van der Waals surface area contributed by atoms with Crippen LogP contribution in [0.3, 0.4) is 0 Å². The van der Waals surface area contributed by atoms with E-state index in [2.05, 4.69) is 20.9 Å². The van der Waals surface area contributed by atoms with Crippen molar-refractivity contribution in [1.82, 2.24) is 4.98 Å². The van der Waals surface area contributed by atoms with Gasteiger partial charge in [0.1, 0.15) is 6.61 Å². The Morgan fingerprint density at radius 2 is 2.12 bits per heavy atom. The van der Waals surface area contributed by atoms with Crippen LogP contribution in [0.25, 0.3) is 0 Å². The van der Waals surface area contributed by atoms with Gasteiger partial charge in [-0.1, -0.05) is 45.7 Å². The van der Waals surface area contributed by atoms with Gasteiger partial charge in [0.2, 0.25) is 0 Å². The summed E-state index contributed by atoms with van der Waals surface area (Å²) in [6.45, 7) is 0.243. The summed E-state index contributed by atoms with van der Waals surface area (Å²) in [6, 6.07) is 8.73. The molecule has 2 nitrogen and oxygen atoms in total. The van der Waals surface area contributed by atoms with Crippen molar-refractivity contribution < 1.29 is 9.13 Å². The molecule has 0 aliphatic rings. The molecule has 0 aliphatic heterocycles. The Bertz CT molecular complexity index is 536. The molecule has 1 aromatic carbocycles. The second-order valence-corrected chi connectivity index (χ2v) is 4.61. The third kappa shape index (κ3) is 3.17. The van der Waals surface area contributed by atoms with Crippen LogP contribution < -0.4 is 4.74 Å². The number of hydrogen-bond acceptors (Lipinski definition) is 2. The summed E-state index contributed by atoms with van der Waals surface area (Å²) in [5.41, 5.74) is 0.920. The van der Waals surface area contributed by atoms with E-state index >= 15 is 0 Å². The van der Waals surface area contributed by atoms with Crippen LogP contribution in [0.1, 0.15) is 5.56 Å². The minimum absolute atomic E-state index is 0.0508. The standard InChI is InChI=1S/C12H8BrClFNO/c13-10-4-2-1-3-8(10)7-17-12-11(15)5-9(14)6-16-12/h1-6H,7H2. The zero-order valence-corrected chi connectivity index (χ0v) is 11.0. The Kier molecular flexibility index (Phi) is 3.97. The number of hydrogen-bond donors (Lipinski definition) is 0. The summed E-state index contributed by atoms with van der Waals surface area (Å²) >= 11 is 8.98. The van der Waals surface area contributed by atoms with Crippen LogP contribution in [-0.4, -0.2) is 4.98 Å². The first kappa shape index (κ1) is 12.3. The van der Waals surface area contributed by atoms with Gasteiger partial charge in [-0.3, -0.25) is 0 Å². The maximum Gasteiger partial charge on any atom is 0.250 e. The molecule has 2 rings (SSSR count). The van der Waals surface area contributed by atoms with E-state index in [1.807, 2.05) is 24.3 Å². The number of aromatic nitrogens is 1. The average Bonchev–Trinajstić information content (AvgIpc) is 2.30. The second-order valence-electron chi connectivity index (χ2n) is 3.32. The molecule has 1 heterocycles. The van der Waals surface area contributed by atoms with Crippen molar-refractivity contribution in [2.45, 2.75) is 6.61 Å². The highest BCUT2D eigenvalue weighted by molar-refractivity contribution is 9.10. The predicted molar refractivity (Wildman–Crippen MR) is 67.7 cm³/mol. The maximum absolute atomic E-state index is 13.4. The molecule has 17 heavy (non-hydrogen) atoms. The summed E-state index contributed by atoms with van der Waals surface area (Å²) < 4.78 is 19.6. The normalized spacial score (nSPS) is 10.3. The van der Waals surface area contributed by atoms with E-state index in [1.54, 1.807) is 0 Å². The number of pyridine rings is 1. The fourth-order valence-electron chi connectivity index (χ4n) is 1.27. The minimum atomic E-state index is -0.565. The Morgan fingerprint density at radius 3 is 2.82 bits per heavy atom. The molecule has 0 spiro atoms. The van der Waals surface area contributed by atoms with Crippen molar-refractivity contribution in [3.63, 3.8) is 0 Å². The van der Waals surface area contributed by atoms with Gasteiger partial charge in [-0.2, -0.15) is 0 Å². The summed E-state index contributed by atoms with van der Waals surface area (Å²) in [4.78, 5) is 3.78. The van der Waals surface area contributed by atoms with Gasteiger partial charge in [-0.15, -0.1) is 0 Å². The summed E-state index contributed by atoms with van der Waals surface area (Å²) in [6.07, 6.45) is 1.35. The van der Waals surface area contributed by atoms with Crippen molar-refractivity contribution in [2.75, 3.05) is 0 Å². The Hall–Kier alpha value is -1.13. The highest BCUT2D eigenvalue weighted by atomic mass is 79.9. The zero-order valence-electron chi connectivity index (χ0n) is 8.66. The van der Waals surface area contributed by atoms with Crippen LogP contribution in [0.15, 0.2) is 41.0 Å². The van der Waals surface area contributed by atoms with Crippen molar-refractivity contribution in [2.24, 2.45) is 0 Å². The first-order valence-corrected chi connectivity index (χ1v) is 6.01. The van der Waals surface area contributed by atoms with Crippen LogP contribution in [0.5, 0.6) is 5.88 Å². The lowest BCUT2D eigenvalue weighted by molar-refractivity contribution is 0.276. The van der Waals surface area contributed by atoms with Crippen molar-refractivity contribution >= 4 is 27.5 Å². The van der Waals surface area contributed by atoms with E-state index < -0.39 is 5.82 Å². The smallest absolute Gasteiger partial charge is 0.250 e. The molecule has 0 aliphatic carbocycles. The molecule has 0 N–H and O–H groups in total. The first-order chi connectivity index (χ1) is 8.16. The van der Waals surface area contributed by atoms with Gasteiger partial charge in [0.15, 0.2) is 5.82 Å². The van der Waals surface area contributed by atoms with E-state index in [9.17, 15) is 4.39 Å². The van der Waals surface area contributed by atoms with Crippen molar-refractivity contribution in [3.8, 4) is 5.88 Å². The fraction of sp³-hybridized carbons (Fsp3) is 0.0833. The lowest BCUT2D eigenvalue weighted by Crippen LogP contribution is -2.00. The summed E-state index contributed by atoms with van der Waals surface area (Å²) in [5.74, 6) is -0.616. The van der Waals surface area contributed by atoms with Crippen LogP contribution in [0.2, 0.25) is 5.02 Å². The van der Waals surface area contributed by atoms with Crippen LogP contribution in [0.4, 0.5) is 4.39 Å². The SMILES string of the molecule is Fc1cc(Cl)cnc1OCc1ccccc1Br. The lowest BCUT2D eigenvalue weighted by atomic mass is 10.2. The number of ether oxygens (including phenoxy) is 1. The van der Waals surface area contributed by atoms with E-state index in [-0.39, 0.29) is 17.5 Å². The van der Waals surface area contributed by atoms with Crippen molar-refractivity contribution in [1.29, 1.82) is 0 Å². The maximum atomic E-state index is 13.4. The monoisotopic (exact) mass is 315 g/mol. The van der Waals surface area contributed by atoms with Gasteiger partial charge in [-0.25, -0.2) is 9.37 Å². The van der Waals surface area contributed by atoms with Gasteiger partial charge in [0.05, 0.1) is 5.02 Å². The van der Waals surface area contributed by atoms with Crippen LogP contribution in [-0.2, 0) is 6.61 Å². The molecule has 88 valence electrons. The largest absolute Gasteiger partial charge is 0.471 e. The summed E-state index contributed by atoms with van der Waals surface area (Å²) in [7, 11) is 0. The summed E-state index contributed by atoms with van der Waals surface area (Å²) in [5, 5.41) is 0.246. The molecule has 2 aromatic rings. The Balaban J connectivity index is 2.10. The molecule has 0 amide bonds. The van der Waals surface area contributed by atoms with Gasteiger partial charge >= 0.3 is 0 Å². The first-order valence-electron chi connectivity index (χ1n) is 4.84. The Labute approximate surface area is 112 Å². The third-order valence-electron chi connectivity index (χ3n) is 2.10. The minimum Gasteiger partial charge on any atom is -0.471 e.